The van der Waals surface area contributed by atoms with Crippen LogP contribution in [0.4, 0.5) is 0 Å². The van der Waals surface area contributed by atoms with E-state index in [-0.39, 0.29) is 11.4 Å². The lowest BCUT2D eigenvalue weighted by Gasteiger charge is -2.42. The average Bonchev–Trinajstić information content (AvgIpc) is 2.33. The van der Waals surface area contributed by atoms with Crippen LogP contribution in [0.5, 0.6) is 0 Å². The van der Waals surface area contributed by atoms with Gasteiger partial charge in [0, 0.05) is 18.0 Å². The van der Waals surface area contributed by atoms with E-state index in [9.17, 15) is 4.79 Å². The Bertz CT molecular complexity index is 249. The SMILES string of the molecule is CCC1(NC(=O)CCC2CCCCN2)CCC1. The van der Waals surface area contributed by atoms with Crippen LogP contribution in [0.3, 0.4) is 0 Å². The molecule has 2 fully saturated rings. The Morgan fingerprint density at radius 2 is 2.18 bits per heavy atom. The molecule has 0 spiro atoms. The van der Waals surface area contributed by atoms with E-state index in [2.05, 4.69) is 17.6 Å². The molecule has 1 aliphatic carbocycles. The number of carbonyl (C=O) groups excluding carboxylic acids is 1. The molecule has 0 aromatic rings. The summed E-state index contributed by atoms with van der Waals surface area (Å²) in [6, 6.07) is 0.577. The first kappa shape index (κ1) is 12.9. The van der Waals surface area contributed by atoms with Gasteiger partial charge in [-0.25, -0.2) is 0 Å². The van der Waals surface area contributed by atoms with Gasteiger partial charge in [-0.3, -0.25) is 4.79 Å². The number of amides is 1. The second kappa shape index (κ2) is 5.85. The van der Waals surface area contributed by atoms with Gasteiger partial charge in [-0.05, 0) is 51.5 Å². The highest BCUT2D eigenvalue weighted by atomic mass is 16.1. The van der Waals surface area contributed by atoms with E-state index >= 15 is 0 Å². The van der Waals surface area contributed by atoms with Crippen molar-refractivity contribution in [2.75, 3.05) is 6.54 Å². The molecule has 0 bridgehead atoms. The maximum atomic E-state index is 11.9. The Hall–Kier alpha value is -0.570. The van der Waals surface area contributed by atoms with Crippen LogP contribution in [-0.2, 0) is 4.79 Å². The van der Waals surface area contributed by atoms with E-state index in [1.807, 2.05) is 0 Å². The molecule has 1 heterocycles. The van der Waals surface area contributed by atoms with Gasteiger partial charge in [0.05, 0.1) is 0 Å². The summed E-state index contributed by atoms with van der Waals surface area (Å²) in [6.07, 6.45) is 10.3. The molecule has 0 radical (unpaired) electrons. The van der Waals surface area contributed by atoms with Crippen molar-refractivity contribution in [2.45, 2.75) is 76.3 Å². The van der Waals surface area contributed by atoms with Crippen LogP contribution < -0.4 is 10.6 Å². The molecule has 1 atom stereocenters. The molecule has 0 aromatic heterocycles. The third kappa shape index (κ3) is 3.44. The number of rotatable bonds is 5. The largest absolute Gasteiger partial charge is 0.351 e. The molecule has 2 N–H and O–H groups in total. The number of piperidine rings is 1. The minimum atomic E-state index is 0.164. The van der Waals surface area contributed by atoms with Gasteiger partial charge in [0.25, 0.3) is 0 Å². The topological polar surface area (TPSA) is 41.1 Å². The first-order chi connectivity index (χ1) is 8.24. The summed E-state index contributed by atoms with van der Waals surface area (Å²) in [5.41, 5.74) is 0.164. The zero-order chi connectivity index (χ0) is 12.1. The van der Waals surface area contributed by atoms with Crippen LogP contribution in [0.2, 0.25) is 0 Å². The van der Waals surface area contributed by atoms with E-state index in [0.717, 1.165) is 19.4 Å². The van der Waals surface area contributed by atoms with Crippen LogP contribution >= 0.6 is 0 Å². The van der Waals surface area contributed by atoms with Gasteiger partial charge in [0.1, 0.15) is 0 Å². The molecule has 3 nitrogen and oxygen atoms in total. The highest BCUT2D eigenvalue weighted by molar-refractivity contribution is 5.77. The van der Waals surface area contributed by atoms with Crippen molar-refractivity contribution in [3.63, 3.8) is 0 Å². The molecule has 2 aliphatic rings. The van der Waals surface area contributed by atoms with Crippen molar-refractivity contribution in [1.82, 2.24) is 10.6 Å². The number of carbonyl (C=O) groups is 1. The summed E-state index contributed by atoms with van der Waals surface area (Å²) >= 11 is 0. The number of hydrogen-bond acceptors (Lipinski definition) is 2. The van der Waals surface area contributed by atoms with Crippen molar-refractivity contribution in [1.29, 1.82) is 0 Å². The summed E-state index contributed by atoms with van der Waals surface area (Å²) in [7, 11) is 0. The van der Waals surface area contributed by atoms with Crippen LogP contribution in [0.1, 0.15) is 64.7 Å². The molecule has 0 aromatic carbocycles. The van der Waals surface area contributed by atoms with Gasteiger partial charge in [-0.15, -0.1) is 0 Å². The fourth-order valence-electron chi connectivity index (χ4n) is 3.00. The van der Waals surface area contributed by atoms with Gasteiger partial charge < -0.3 is 10.6 Å². The molecule has 2 rings (SSSR count). The Morgan fingerprint density at radius 3 is 2.71 bits per heavy atom. The van der Waals surface area contributed by atoms with Gasteiger partial charge >= 0.3 is 0 Å². The fraction of sp³-hybridized carbons (Fsp3) is 0.929. The molecule has 1 saturated carbocycles. The number of nitrogens with one attached hydrogen (secondary N) is 2. The van der Waals surface area contributed by atoms with Crippen molar-refractivity contribution in [3.05, 3.63) is 0 Å². The third-order valence-electron chi connectivity index (χ3n) is 4.52. The molecule has 1 saturated heterocycles. The Kier molecular flexibility index (Phi) is 4.43. The molecule has 3 heteroatoms. The third-order valence-corrected chi connectivity index (χ3v) is 4.52. The predicted octanol–water partition coefficient (Wildman–Crippen LogP) is 2.36. The monoisotopic (exact) mass is 238 g/mol. The zero-order valence-corrected chi connectivity index (χ0v) is 11.1. The van der Waals surface area contributed by atoms with E-state index in [1.165, 1.54) is 38.5 Å². The van der Waals surface area contributed by atoms with Gasteiger partial charge in [0.2, 0.25) is 5.91 Å². The maximum Gasteiger partial charge on any atom is 0.220 e. The Labute approximate surface area is 105 Å². The minimum absolute atomic E-state index is 0.164. The second-order valence-electron chi connectivity index (χ2n) is 5.72. The van der Waals surface area contributed by atoms with Crippen molar-refractivity contribution < 1.29 is 4.79 Å². The highest BCUT2D eigenvalue weighted by Gasteiger charge is 2.36. The second-order valence-corrected chi connectivity index (χ2v) is 5.72. The summed E-state index contributed by atoms with van der Waals surface area (Å²) in [6.45, 7) is 3.31. The lowest BCUT2D eigenvalue weighted by Crippen LogP contribution is -2.53. The van der Waals surface area contributed by atoms with Gasteiger partial charge in [-0.2, -0.15) is 0 Å². The van der Waals surface area contributed by atoms with Gasteiger partial charge in [-0.1, -0.05) is 13.3 Å². The van der Waals surface area contributed by atoms with E-state index in [0.29, 0.717) is 12.5 Å². The standard InChI is InChI=1S/C14H26N2O/c1-2-14(9-5-10-14)16-13(17)8-7-12-6-3-4-11-15-12/h12,15H,2-11H2,1H3,(H,16,17). The Morgan fingerprint density at radius 1 is 1.35 bits per heavy atom. The van der Waals surface area contributed by atoms with Crippen molar-refractivity contribution >= 4 is 5.91 Å². The van der Waals surface area contributed by atoms with Crippen LogP contribution in [-0.4, -0.2) is 24.0 Å². The molecule has 1 unspecified atom stereocenters. The summed E-state index contributed by atoms with van der Waals surface area (Å²) in [5.74, 6) is 0.263. The summed E-state index contributed by atoms with van der Waals surface area (Å²) in [5, 5.41) is 6.75. The summed E-state index contributed by atoms with van der Waals surface area (Å²) < 4.78 is 0. The molecule has 98 valence electrons. The smallest absolute Gasteiger partial charge is 0.220 e. The molecule has 17 heavy (non-hydrogen) atoms. The molecule has 1 amide bonds. The molecular weight excluding hydrogens is 212 g/mol. The lowest BCUT2D eigenvalue weighted by atomic mass is 9.75. The highest BCUT2D eigenvalue weighted by Crippen LogP contribution is 2.34. The molecular formula is C14H26N2O. The Balaban J connectivity index is 1.66. The quantitative estimate of drug-likeness (QED) is 0.772. The first-order valence-electron chi connectivity index (χ1n) is 7.28. The van der Waals surface area contributed by atoms with Gasteiger partial charge in [0.15, 0.2) is 0 Å². The van der Waals surface area contributed by atoms with E-state index < -0.39 is 0 Å². The first-order valence-corrected chi connectivity index (χ1v) is 7.28. The normalized spacial score (nSPS) is 27.2. The predicted molar refractivity (Wildman–Crippen MR) is 69.9 cm³/mol. The van der Waals surface area contributed by atoms with Crippen LogP contribution in [0.25, 0.3) is 0 Å². The van der Waals surface area contributed by atoms with Crippen LogP contribution in [0, 0.1) is 0 Å². The lowest BCUT2D eigenvalue weighted by molar-refractivity contribution is -0.124. The maximum absolute atomic E-state index is 11.9. The minimum Gasteiger partial charge on any atom is -0.351 e. The number of hydrogen-bond donors (Lipinski definition) is 2. The fourth-order valence-corrected chi connectivity index (χ4v) is 3.00. The van der Waals surface area contributed by atoms with Crippen LogP contribution in [0.15, 0.2) is 0 Å². The summed E-state index contributed by atoms with van der Waals surface area (Å²) in [4.78, 5) is 11.9. The average molecular weight is 238 g/mol. The van der Waals surface area contributed by atoms with E-state index in [1.54, 1.807) is 0 Å². The zero-order valence-electron chi connectivity index (χ0n) is 11.1. The van der Waals surface area contributed by atoms with E-state index in [4.69, 9.17) is 0 Å². The van der Waals surface area contributed by atoms with Crippen molar-refractivity contribution in [3.8, 4) is 0 Å². The van der Waals surface area contributed by atoms with Crippen molar-refractivity contribution in [2.24, 2.45) is 0 Å². The molecule has 1 aliphatic heterocycles.